The number of phenols is 1. The average Bonchev–Trinajstić information content (AvgIpc) is 3.01. The maximum Gasteiger partial charge on any atom is 0.120 e. The molecule has 1 aliphatic rings. The number of phenolic OH excluding ortho intramolecular Hbond substituents is 1. The van der Waals surface area contributed by atoms with E-state index in [-0.39, 0.29) is 0 Å². The zero-order chi connectivity index (χ0) is 16.4. The lowest BCUT2D eigenvalue weighted by atomic mass is 9.98. The minimum absolute atomic E-state index is 0.418. The Morgan fingerprint density at radius 1 is 1.13 bits per heavy atom. The average molecular weight is 311 g/mol. The Kier molecular flexibility index (Phi) is 4.58. The molecule has 0 radical (unpaired) electrons. The minimum atomic E-state index is 0.418. The molecule has 0 aromatic heterocycles. The topological polar surface area (TPSA) is 32.7 Å². The molecule has 0 aliphatic carbocycles. The summed E-state index contributed by atoms with van der Waals surface area (Å²) in [5.41, 5.74) is 4.79. The Labute approximate surface area is 138 Å². The van der Waals surface area contributed by atoms with Crippen LogP contribution in [0.3, 0.4) is 0 Å². The van der Waals surface area contributed by atoms with Crippen molar-refractivity contribution in [3.63, 3.8) is 0 Å². The normalized spacial score (nSPS) is 18.3. The highest BCUT2D eigenvalue weighted by Crippen LogP contribution is 2.31. The summed E-state index contributed by atoms with van der Waals surface area (Å²) < 4.78 is 5.23. The van der Waals surface area contributed by atoms with Crippen LogP contribution in [0.25, 0.3) is 0 Å². The summed E-state index contributed by atoms with van der Waals surface area (Å²) in [6, 6.07) is 12.4. The van der Waals surface area contributed by atoms with Gasteiger partial charge in [0.1, 0.15) is 11.5 Å². The van der Waals surface area contributed by atoms with Crippen LogP contribution in [0.5, 0.6) is 11.5 Å². The largest absolute Gasteiger partial charge is 0.508 e. The van der Waals surface area contributed by atoms with E-state index in [0.717, 1.165) is 42.9 Å². The summed E-state index contributed by atoms with van der Waals surface area (Å²) in [6.07, 6.45) is 1.16. The van der Waals surface area contributed by atoms with E-state index in [2.05, 4.69) is 30.0 Å². The number of likely N-dealkylation sites (tertiary alicyclic amines) is 1. The van der Waals surface area contributed by atoms with E-state index < -0.39 is 0 Å². The number of aromatic hydroxyl groups is 1. The van der Waals surface area contributed by atoms with E-state index in [1.54, 1.807) is 7.11 Å². The fourth-order valence-electron chi connectivity index (χ4n) is 3.35. The second-order valence-corrected chi connectivity index (χ2v) is 6.56. The van der Waals surface area contributed by atoms with Gasteiger partial charge in [-0.15, -0.1) is 0 Å². The van der Waals surface area contributed by atoms with Gasteiger partial charge in [-0.25, -0.2) is 0 Å². The van der Waals surface area contributed by atoms with Gasteiger partial charge in [-0.05, 0) is 67.6 Å². The quantitative estimate of drug-likeness (QED) is 0.926. The maximum atomic E-state index is 10.2. The van der Waals surface area contributed by atoms with Gasteiger partial charge in [0, 0.05) is 18.7 Å². The second kappa shape index (κ2) is 6.63. The second-order valence-electron chi connectivity index (χ2n) is 6.56. The Morgan fingerprint density at radius 2 is 1.83 bits per heavy atom. The molecule has 1 atom stereocenters. The van der Waals surface area contributed by atoms with Gasteiger partial charge in [0.05, 0.1) is 7.11 Å². The molecule has 1 saturated heterocycles. The van der Waals surface area contributed by atoms with E-state index in [0.29, 0.717) is 11.7 Å². The molecule has 0 unspecified atom stereocenters. The highest BCUT2D eigenvalue weighted by molar-refractivity contribution is 5.41. The summed E-state index contributed by atoms with van der Waals surface area (Å²) in [4.78, 5) is 2.43. The zero-order valence-electron chi connectivity index (χ0n) is 14.2. The van der Waals surface area contributed by atoms with Crippen LogP contribution in [-0.2, 0) is 6.54 Å². The molecule has 122 valence electrons. The van der Waals surface area contributed by atoms with Crippen molar-refractivity contribution in [1.82, 2.24) is 4.90 Å². The monoisotopic (exact) mass is 311 g/mol. The Hall–Kier alpha value is -2.00. The van der Waals surface area contributed by atoms with Crippen molar-refractivity contribution in [2.24, 2.45) is 0 Å². The highest BCUT2D eigenvalue weighted by atomic mass is 16.5. The first-order chi connectivity index (χ1) is 11.1. The van der Waals surface area contributed by atoms with Gasteiger partial charge in [0.15, 0.2) is 0 Å². The predicted molar refractivity (Wildman–Crippen MR) is 93.2 cm³/mol. The molecule has 3 nitrogen and oxygen atoms in total. The van der Waals surface area contributed by atoms with Crippen LogP contribution in [0.15, 0.2) is 36.4 Å². The number of aryl methyl sites for hydroxylation is 2. The minimum Gasteiger partial charge on any atom is -0.508 e. The van der Waals surface area contributed by atoms with Crippen molar-refractivity contribution >= 4 is 0 Å². The van der Waals surface area contributed by atoms with Gasteiger partial charge in [-0.3, -0.25) is 4.90 Å². The van der Waals surface area contributed by atoms with Crippen molar-refractivity contribution in [3.05, 3.63) is 58.7 Å². The smallest absolute Gasteiger partial charge is 0.120 e. The Balaban J connectivity index is 1.66. The molecule has 23 heavy (non-hydrogen) atoms. The van der Waals surface area contributed by atoms with Crippen molar-refractivity contribution in [3.8, 4) is 11.5 Å². The van der Waals surface area contributed by atoms with E-state index in [4.69, 9.17) is 4.74 Å². The lowest BCUT2D eigenvalue weighted by Gasteiger charge is -2.18. The third-order valence-corrected chi connectivity index (χ3v) is 4.95. The van der Waals surface area contributed by atoms with E-state index in [1.165, 1.54) is 11.1 Å². The van der Waals surface area contributed by atoms with Crippen molar-refractivity contribution in [2.45, 2.75) is 32.7 Å². The fourth-order valence-corrected chi connectivity index (χ4v) is 3.35. The van der Waals surface area contributed by atoms with Gasteiger partial charge < -0.3 is 9.84 Å². The van der Waals surface area contributed by atoms with Gasteiger partial charge in [-0.2, -0.15) is 0 Å². The zero-order valence-corrected chi connectivity index (χ0v) is 14.2. The van der Waals surface area contributed by atoms with Crippen LogP contribution < -0.4 is 4.74 Å². The number of ether oxygens (including phenoxy) is 1. The number of methoxy groups -OCH3 is 1. The number of nitrogens with zero attached hydrogens (tertiary/aromatic N) is 1. The molecule has 0 saturated carbocycles. The molecule has 3 heteroatoms. The summed E-state index contributed by atoms with van der Waals surface area (Å²) >= 11 is 0. The summed E-state index contributed by atoms with van der Waals surface area (Å²) in [7, 11) is 1.70. The standard InChI is InChI=1S/C20H25NO2/c1-14-10-18(20(22)11-15(14)2)13-21-9-8-17(12-21)16-4-6-19(23-3)7-5-16/h4-7,10-11,17,22H,8-9,12-13H2,1-3H3/t17-/m1/s1. The van der Waals surface area contributed by atoms with E-state index in [9.17, 15) is 5.11 Å². The van der Waals surface area contributed by atoms with Gasteiger partial charge in [0.25, 0.3) is 0 Å². The van der Waals surface area contributed by atoms with E-state index in [1.807, 2.05) is 25.1 Å². The van der Waals surface area contributed by atoms with Crippen LogP contribution in [-0.4, -0.2) is 30.2 Å². The first-order valence-electron chi connectivity index (χ1n) is 8.22. The molecule has 1 N–H and O–H groups in total. The Bertz CT molecular complexity index is 679. The molecule has 0 amide bonds. The predicted octanol–water partition coefficient (Wildman–Crippen LogP) is 4.01. The van der Waals surface area contributed by atoms with Crippen LogP contribution in [0, 0.1) is 13.8 Å². The van der Waals surface area contributed by atoms with Gasteiger partial charge >= 0.3 is 0 Å². The number of benzene rings is 2. The highest BCUT2D eigenvalue weighted by Gasteiger charge is 2.24. The van der Waals surface area contributed by atoms with Crippen molar-refractivity contribution in [2.75, 3.05) is 20.2 Å². The van der Waals surface area contributed by atoms with Crippen molar-refractivity contribution in [1.29, 1.82) is 0 Å². The summed E-state index contributed by atoms with van der Waals surface area (Å²) in [5.74, 6) is 1.89. The molecule has 2 aromatic rings. The molecule has 0 bridgehead atoms. The third-order valence-electron chi connectivity index (χ3n) is 4.95. The van der Waals surface area contributed by atoms with Crippen LogP contribution in [0.2, 0.25) is 0 Å². The first-order valence-corrected chi connectivity index (χ1v) is 8.22. The molecule has 0 spiro atoms. The van der Waals surface area contributed by atoms with Crippen LogP contribution in [0.4, 0.5) is 0 Å². The molecule has 2 aromatic carbocycles. The molecular formula is C20H25NO2. The Morgan fingerprint density at radius 3 is 2.52 bits per heavy atom. The van der Waals surface area contributed by atoms with Crippen LogP contribution >= 0.6 is 0 Å². The molecule has 3 rings (SSSR count). The number of hydrogen-bond acceptors (Lipinski definition) is 3. The molecule has 1 heterocycles. The third kappa shape index (κ3) is 3.50. The maximum absolute atomic E-state index is 10.2. The summed E-state index contributed by atoms with van der Waals surface area (Å²) in [6.45, 7) is 7.07. The fraction of sp³-hybridized carbons (Fsp3) is 0.400. The number of rotatable bonds is 4. The molecule has 1 fully saturated rings. The van der Waals surface area contributed by atoms with Gasteiger partial charge in [-0.1, -0.05) is 18.2 Å². The van der Waals surface area contributed by atoms with Crippen molar-refractivity contribution < 1.29 is 9.84 Å². The SMILES string of the molecule is COc1ccc([C@@H]2CCN(Cc3cc(C)c(C)cc3O)C2)cc1. The number of hydrogen-bond donors (Lipinski definition) is 1. The first kappa shape index (κ1) is 15.9. The summed E-state index contributed by atoms with van der Waals surface area (Å²) in [5, 5.41) is 10.2. The van der Waals surface area contributed by atoms with Gasteiger partial charge in [0.2, 0.25) is 0 Å². The molecule has 1 aliphatic heterocycles. The van der Waals surface area contributed by atoms with Crippen LogP contribution in [0.1, 0.15) is 34.6 Å². The van der Waals surface area contributed by atoms with E-state index >= 15 is 0 Å². The lowest BCUT2D eigenvalue weighted by Crippen LogP contribution is -2.20. The lowest BCUT2D eigenvalue weighted by molar-refractivity contribution is 0.320. The molecular weight excluding hydrogens is 286 g/mol.